The van der Waals surface area contributed by atoms with Gasteiger partial charge in [-0.25, -0.2) is 0 Å². The van der Waals surface area contributed by atoms with Gasteiger partial charge in [0.15, 0.2) is 0 Å². The molecule has 0 N–H and O–H groups in total. The van der Waals surface area contributed by atoms with Crippen LogP contribution in [0.1, 0.15) is 6.92 Å². The smallest absolute Gasteiger partial charge is 0.273 e. The van der Waals surface area contributed by atoms with Crippen LogP contribution in [0.15, 0.2) is 11.1 Å². The van der Waals surface area contributed by atoms with E-state index in [0.717, 1.165) is 0 Å². The molecule has 0 saturated heterocycles. The van der Waals surface area contributed by atoms with Gasteiger partial charge in [0.1, 0.15) is 0 Å². The molecule has 2 nitrogen and oxygen atoms in total. The maximum absolute atomic E-state index is 5.08. The second kappa shape index (κ2) is 3.81. The summed E-state index contributed by atoms with van der Waals surface area (Å²) in [5.74, 6) is 0.684. The molecule has 0 saturated carbocycles. The van der Waals surface area contributed by atoms with E-state index in [9.17, 15) is 0 Å². The molecule has 0 bridgehead atoms. The predicted molar refractivity (Wildman–Crippen MR) is 50.1 cm³/mol. The molecule has 0 aromatic carbocycles. The fourth-order valence-corrected chi connectivity index (χ4v) is 1.51. The highest BCUT2D eigenvalue weighted by Gasteiger charge is 2.20. The third-order valence-corrected chi connectivity index (χ3v) is 4.26. The van der Waals surface area contributed by atoms with E-state index in [1.165, 1.54) is 5.20 Å². The highest BCUT2D eigenvalue weighted by atomic mass is 28.3. The summed E-state index contributed by atoms with van der Waals surface area (Å²) in [5.41, 5.74) is 0. The van der Waals surface area contributed by atoms with Crippen LogP contribution in [-0.2, 0) is 9.47 Å². The molecule has 0 atom stereocenters. The molecular weight excluding hydrogens is 156 g/mol. The molecular formula is C8H18O2Si. The Morgan fingerprint density at radius 2 is 1.36 bits per heavy atom. The van der Waals surface area contributed by atoms with Gasteiger partial charge in [0.05, 0.1) is 22.3 Å². The average molecular weight is 174 g/mol. The van der Waals surface area contributed by atoms with Crippen LogP contribution in [0.3, 0.4) is 0 Å². The molecule has 0 heterocycles. The van der Waals surface area contributed by atoms with Crippen LogP contribution in [0.25, 0.3) is 0 Å². The first-order chi connectivity index (χ1) is 4.93. The lowest BCUT2D eigenvalue weighted by atomic mass is 10.7. The molecule has 0 aromatic rings. The van der Waals surface area contributed by atoms with E-state index in [4.69, 9.17) is 9.47 Å². The summed E-state index contributed by atoms with van der Waals surface area (Å²) in [7, 11) is 2.05. The van der Waals surface area contributed by atoms with E-state index in [2.05, 4.69) is 26.6 Å². The van der Waals surface area contributed by atoms with Crippen molar-refractivity contribution in [2.75, 3.05) is 14.2 Å². The number of ether oxygens (including phenoxy) is 2. The number of hydrogen-bond donors (Lipinski definition) is 0. The Morgan fingerprint density at radius 3 is 1.45 bits per heavy atom. The third-order valence-electron chi connectivity index (χ3n) is 1.80. The highest BCUT2D eigenvalue weighted by molar-refractivity contribution is 6.83. The SMILES string of the molecule is COC(OC)=C(C)[Si](C)(C)C. The van der Waals surface area contributed by atoms with Crippen LogP contribution in [0, 0.1) is 0 Å². The first-order valence-corrected chi connectivity index (χ1v) is 7.22. The zero-order chi connectivity index (χ0) is 9.07. The largest absolute Gasteiger partial charge is 0.469 e. The summed E-state index contributed by atoms with van der Waals surface area (Å²) in [6.45, 7) is 8.87. The molecule has 0 rings (SSSR count). The molecule has 0 radical (unpaired) electrons. The number of allylic oxidation sites excluding steroid dienone is 1. The van der Waals surface area contributed by atoms with Gasteiger partial charge < -0.3 is 9.47 Å². The second-order valence-electron chi connectivity index (χ2n) is 3.57. The Kier molecular flexibility index (Phi) is 3.65. The van der Waals surface area contributed by atoms with Gasteiger partial charge >= 0.3 is 0 Å². The molecule has 0 aliphatic carbocycles. The maximum atomic E-state index is 5.08. The fourth-order valence-electron chi connectivity index (χ4n) is 0.696. The van der Waals surface area contributed by atoms with Gasteiger partial charge in [-0.05, 0) is 12.1 Å². The van der Waals surface area contributed by atoms with E-state index < -0.39 is 8.07 Å². The van der Waals surface area contributed by atoms with Crippen molar-refractivity contribution in [2.45, 2.75) is 26.6 Å². The van der Waals surface area contributed by atoms with E-state index in [1.54, 1.807) is 14.2 Å². The molecule has 0 amide bonds. The van der Waals surface area contributed by atoms with Crippen LogP contribution < -0.4 is 0 Å². The van der Waals surface area contributed by atoms with Crippen molar-refractivity contribution in [3.63, 3.8) is 0 Å². The molecule has 0 unspecified atom stereocenters. The monoisotopic (exact) mass is 174 g/mol. The summed E-state index contributed by atoms with van der Waals surface area (Å²) in [6, 6.07) is 0. The number of methoxy groups -OCH3 is 2. The van der Waals surface area contributed by atoms with Crippen LogP contribution in [0.2, 0.25) is 19.6 Å². The summed E-state index contributed by atoms with van der Waals surface area (Å²) in [4.78, 5) is 0. The molecule has 3 heteroatoms. The van der Waals surface area contributed by atoms with E-state index in [-0.39, 0.29) is 0 Å². The molecule has 0 fully saturated rings. The topological polar surface area (TPSA) is 18.5 Å². The van der Waals surface area contributed by atoms with E-state index >= 15 is 0 Å². The van der Waals surface area contributed by atoms with Gasteiger partial charge in [-0.2, -0.15) is 0 Å². The van der Waals surface area contributed by atoms with Crippen molar-refractivity contribution in [2.24, 2.45) is 0 Å². The molecule has 0 aliphatic heterocycles. The Hall–Kier alpha value is -0.443. The van der Waals surface area contributed by atoms with Gasteiger partial charge in [-0.1, -0.05) is 19.6 Å². The quantitative estimate of drug-likeness (QED) is 0.483. The minimum absolute atomic E-state index is 0.684. The molecule has 11 heavy (non-hydrogen) atoms. The zero-order valence-electron chi connectivity index (χ0n) is 8.32. The average Bonchev–Trinajstić information content (AvgIpc) is 1.88. The standard InChI is InChI=1S/C8H18O2Si/c1-7(11(4,5)6)8(9-2)10-3/h1-6H3. The Balaban J connectivity index is 4.62. The van der Waals surface area contributed by atoms with Crippen LogP contribution in [0.5, 0.6) is 0 Å². The maximum Gasteiger partial charge on any atom is 0.273 e. The van der Waals surface area contributed by atoms with Gasteiger partial charge in [0.2, 0.25) is 0 Å². The molecule has 66 valence electrons. The van der Waals surface area contributed by atoms with Crippen molar-refractivity contribution >= 4 is 8.07 Å². The highest BCUT2D eigenvalue weighted by Crippen LogP contribution is 2.18. The van der Waals surface area contributed by atoms with Crippen LogP contribution >= 0.6 is 0 Å². The van der Waals surface area contributed by atoms with Crippen molar-refractivity contribution in [3.8, 4) is 0 Å². The zero-order valence-corrected chi connectivity index (χ0v) is 9.32. The van der Waals surface area contributed by atoms with Crippen LogP contribution in [-0.4, -0.2) is 22.3 Å². The van der Waals surface area contributed by atoms with Crippen molar-refractivity contribution < 1.29 is 9.47 Å². The molecule has 0 spiro atoms. The summed E-state index contributed by atoms with van der Waals surface area (Å²) >= 11 is 0. The number of rotatable bonds is 3. The Bertz CT molecular complexity index is 150. The first-order valence-electron chi connectivity index (χ1n) is 3.72. The minimum atomic E-state index is -1.24. The lowest BCUT2D eigenvalue weighted by Crippen LogP contribution is -2.24. The lowest BCUT2D eigenvalue weighted by Gasteiger charge is -2.19. The summed E-state index contributed by atoms with van der Waals surface area (Å²) in [6.07, 6.45) is 0. The molecule has 0 aromatic heterocycles. The summed E-state index contributed by atoms with van der Waals surface area (Å²) in [5, 5.41) is 1.27. The third kappa shape index (κ3) is 2.97. The van der Waals surface area contributed by atoms with Crippen molar-refractivity contribution in [1.29, 1.82) is 0 Å². The van der Waals surface area contributed by atoms with Crippen molar-refractivity contribution in [3.05, 3.63) is 11.1 Å². The second-order valence-corrected chi connectivity index (χ2v) is 8.82. The Morgan fingerprint density at radius 1 is 1.00 bits per heavy atom. The predicted octanol–water partition coefficient (Wildman–Crippen LogP) is 2.39. The van der Waals surface area contributed by atoms with Gasteiger partial charge in [0, 0.05) is 0 Å². The normalized spacial score (nSPS) is 10.7. The minimum Gasteiger partial charge on any atom is -0.469 e. The Labute approximate surface area is 70.2 Å². The van der Waals surface area contributed by atoms with Gasteiger partial charge in [0.25, 0.3) is 5.95 Å². The number of hydrogen-bond acceptors (Lipinski definition) is 2. The van der Waals surface area contributed by atoms with E-state index in [0.29, 0.717) is 5.95 Å². The van der Waals surface area contributed by atoms with Crippen LogP contribution in [0.4, 0.5) is 0 Å². The molecule has 0 aliphatic rings. The van der Waals surface area contributed by atoms with Gasteiger partial charge in [-0.15, -0.1) is 0 Å². The summed E-state index contributed by atoms with van der Waals surface area (Å²) < 4.78 is 10.2. The first kappa shape index (κ1) is 10.6. The lowest BCUT2D eigenvalue weighted by molar-refractivity contribution is 0.0929. The fraction of sp³-hybridized carbons (Fsp3) is 0.750. The van der Waals surface area contributed by atoms with Crippen molar-refractivity contribution in [1.82, 2.24) is 0 Å². The van der Waals surface area contributed by atoms with E-state index in [1.807, 2.05) is 0 Å². The van der Waals surface area contributed by atoms with Gasteiger partial charge in [-0.3, -0.25) is 0 Å².